The van der Waals surface area contributed by atoms with Crippen LogP contribution in [0, 0.1) is 6.92 Å². The van der Waals surface area contributed by atoms with E-state index in [-0.39, 0.29) is 11.5 Å². The molecular weight excluding hydrogens is 410 g/mol. The second kappa shape index (κ2) is 7.39. The highest BCUT2D eigenvalue weighted by Crippen LogP contribution is 2.40. The Kier molecular flexibility index (Phi) is 4.67. The summed E-state index contributed by atoms with van der Waals surface area (Å²) in [6, 6.07) is 17.7. The molecule has 0 spiro atoms. The summed E-state index contributed by atoms with van der Waals surface area (Å²) in [5, 5.41) is 9.51. The molecule has 4 aromatic rings. The van der Waals surface area contributed by atoms with Crippen LogP contribution in [-0.2, 0) is 7.05 Å². The highest BCUT2D eigenvalue weighted by molar-refractivity contribution is 6.30. The maximum absolute atomic E-state index is 11.9. The lowest BCUT2D eigenvalue weighted by atomic mass is 10.0. The van der Waals surface area contributed by atoms with Crippen LogP contribution in [0.3, 0.4) is 0 Å². The number of aryl methyl sites for hydroxylation is 2. The highest BCUT2D eigenvalue weighted by Gasteiger charge is 2.28. The molecule has 0 saturated heterocycles. The lowest BCUT2D eigenvalue weighted by Gasteiger charge is -2.27. The Bertz CT molecular complexity index is 1340. The fraction of sp³-hybridized carbons (Fsp3) is 0.208. The molecule has 1 atom stereocenters. The van der Waals surface area contributed by atoms with Crippen molar-refractivity contribution in [3.63, 3.8) is 0 Å². The Labute approximate surface area is 185 Å². The van der Waals surface area contributed by atoms with Crippen molar-refractivity contribution in [1.29, 1.82) is 0 Å². The second-order valence-electron chi connectivity index (χ2n) is 8.00. The van der Waals surface area contributed by atoms with Gasteiger partial charge in [-0.05, 0) is 60.5 Å². The monoisotopic (exact) mass is 431 g/mol. The molecule has 3 heterocycles. The van der Waals surface area contributed by atoms with Gasteiger partial charge in [0, 0.05) is 42.5 Å². The van der Waals surface area contributed by atoms with Crippen LogP contribution in [-0.4, -0.2) is 25.9 Å². The minimum atomic E-state index is -0.0279. The Balaban J connectivity index is 1.74. The smallest absolute Gasteiger partial charge is 0.250 e. The molecule has 0 bridgehead atoms. The average molecular weight is 432 g/mol. The van der Waals surface area contributed by atoms with Gasteiger partial charge in [0.25, 0.3) is 0 Å². The summed E-state index contributed by atoms with van der Waals surface area (Å²) in [5.74, 6) is 1.98. The largest absolute Gasteiger partial charge is 0.339 e. The predicted octanol–water partition coefficient (Wildman–Crippen LogP) is 4.85. The van der Waals surface area contributed by atoms with Crippen molar-refractivity contribution in [3.8, 4) is 16.8 Å². The first-order valence-corrected chi connectivity index (χ1v) is 10.6. The molecule has 31 heavy (non-hydrogen) atoms. The highest BCUT2D eigenvalue weighted by atomic mass is 35.5. The van der Waals surface area contributed by atoms with E-state index in [2.05, 4.69) is 44.8 Å². The number of halogens is 1. The molecule has 0 radical (unpaired) electrons. The molecule has 5 rings (SSSR count). The number of benzene rings is 2. The van der Waals surface area contributed by atoms with Crippen molar-refractivity contribution in [3.05, 3.63) is 87.8 Å². The van der Waals surface area contributed by atoms with E-state index in [4.69, 9.17) is 11.6 Å². The van der Waals surface area contributed by atoms with Crippen LogP contribution in [0.25, 0.3) is 16.8 Å². The van der Waals surface area contributed by atoms with Crippen molar-refractivity contribution < 1.29 is 0 Å². The third-order valence-electron chi connectivity index (χ3n) is 5.81. The van der Waals surface area contributed by atoms with E-state index in [1.807, 2.05) is 43.5 Å². The van der Waals surface area contributed by atoms with Gasteiger partial charge in [0.1, 0.15) is 11.6 Å². The summed E-state index contributed by atoms with van der Waals surface area (Å²) in [5.41, 5.74) is 5.15. The van der Waals surface area contributed by atoms with Crippen molar-refractivity contribution in [1.82, 2.24) is 19.3 Å². The van der Waals surface area contributed by atoms with Crippen LogP contribution in [0.4, 0.5) is 11.4 Å². The van der Waals surface area contributed by atoms with Crippen LogP contribution < -0.4 is 10.5 Å². The third kappa shape index (κ3) is 3.33. The summed E-state index contributed by atoms with van der Waals surface area (Å²) in [7, 11) is 1.77. The van der Waals surface area contributed by atoms with Crippen molar-refractivity contribution in [2.75, 3.05) is 11.4 Å². The Morgan fingerprint density at radius 1 is 0.968 bits per heavy atom. The minimum absolute atomic E-state index is 0.0279. The summed E-state index contributed by atoms with van der Waals surface area (Å²) >= 11 is 6.15. The van der Waals surface area contributed by atoms with Crippen molar-refractivity contribution in [2.45, 2.75) is 19.8 Å². The first kappa shape index (κ1) is 19.6. The van der Waals surface area contributed by atoms with Crippen LogP contribution in [0.2, 0.25) is 5.02 Å². The maximum Gasteiger partial charge on any atom is 0.250 e. The molecule has 1 unspecified atom stereocenters. The number of aromatic nitrogens is 4. The molecule has 7 heteroatoms. The first-order valence-electron chi connectivity index (χ1n) is 10.2. The Morgan fingerprint density at radius 3 is 2.45 bits per heavy atom. The summed E-state index contributed by atoms with van der Waals surface area (Å²) in [4.78, 5) is 14.2. The van der Waals surface area contributed by atoms with Crippen LogP contribution >= 0.6 is 11.6 Å². The Hall–Kier alpha value is -3.38. The molecule has 0 fully saturated rings. The van der Waals surface area contributed by atoms with Crippen molar-refractivity contribution >= 4 is 23.0 Å². The molecule has 0 N–H and O–H groups in total. The van der Waals surface area contributed by atoms with Gasteiger partial charge in [-0.3, -0.25) is 9.36 Å². The number of nitrogens with zero attached hydrogens (tertiary/aromatic N) is 5. The van der Waals surface area contributed by atoms with Crippen LogP contribution in [0.5, 0.6) is 0 Å². The number of pyridine rings is 1. The van der Waals surface area contributed by atoms with Crippen LogP contribution in [0.1, 0.15) is 24.5 Å². The van der Waals surface area contributed by atoms with Gasteiger partial charge < -0.3 is 9.47 Å². The van der Waals surface area contributed by atoms with Crippen molar-refractivity contribution in [2.24, 2.45) is 7.05 Å². The fourth-order valence-corrected chi connectivity index (χ4v) is 4.31. The van der Waals surface area contributed by atoms with Gasteiger partial charge in [-0.15, -0.1) is 10.2 Å². The van der Waals surface area contributed by atoms with Gasteiger partial charge >= 0.3 is 0 Å². The van der Waals surface area contributed by atoms with Crippen LogP contribution in [0.15, 0.2) is 65.6 Å². The normalized spacial score (nSPS) is 15.4. The number of fused-ring (bicyclic) bond motifs is 3. The number of hydrogen-bond acceptors (Lipinski definition) is 4. The van der Waals surface area contributed by atoms with Gasteiger partial charge in [0.2, 0.25) is 5.56 Å². The molecule has 2 aromatic carbocycles. The minimum Gasteiger partial charge on any atom is -0.339 e. The summed E-state index contributed by atoms with van der Waals surface area (Å²) < 4.78 is 3.74. The number of rotatable bonds is 2. The summed E-state index contributed by atoms with van der Waals surface area (Å²) in [6.45, 7) is 4.90. The molecule has 156 valence electrons. The van der Waals surface area contributed by atoms with E-state index in [1.165, 1.54) is 0 Å². The molecule has 0 saturated carbocycles. The van der Waals surface area contributed by atoms with E-state index in [1.54, 1.807) is 17.7 Å². The van der Waals surface area contributed by atoms with E-state index in [9.17, 15) is 4.79 Å². The molecule has 0 aliphatic carbocycles. The number of hydrogen-bond donors (Lipinski definition) is 0. The average Bonchev–Trinajstić information content (AvgIpc) is 3.10. The molecular formula is C24H22ClN5O. The number of anilines is 2. The first-order chi connectivity index (χ1) is 14.9. The van der Waals surface area contributed by atoms with Gasteiger partial charge in [-0.2, -0.15) is 0 Å². The topological polar surface area (TPSA) is 56.0 Å². The lowest BCUT2D eigenvalue weighted by molar-refractivity contribution is 0.696. The van der Waals surface area contributed by atoms with Gasteiger partial charge in [0.05, 0.1) is 11.4 Å². The second-order valence-corrected chi connectivity index (χ2v) is 8.44. The molecule has 1 aliphatic rings. The van der Waals surface area contributed by atoms with E-state index in [0.29, 0.717) is 5.02 Å². The Morgan fingerprint density at radius 2 is 1.71 bits per heavy atom. The van der Waals surface area contributed by atoms with E-state index < -0.39 is 0 Å². The lowest BCUT2D eigenvalue weighted by Crippen LogP contribution is -2.22. The fourth-order valence-electron chi connectivity index (χ4n) is 4.19. The van der Waals surface area contributed by atoms with Gasteiger partial charge in [-0.1, -0.05) is 24.6 Å². The maximum atomic E-state index is 11.9. The third-order valence-corrected chi connectivity index (χ3v) is 6.06. The molecule has 2 aromatic heterocycles. The van der Waals surface area contributed by atoms with E-state index in [0.717, 1.165) is 46.4 Å². The summed E-state index contributed by atoms with van der Waals surface area (Å²) in [6.07, 6.45) is 1.87. The quantitative estimate of drug-likeness (QED) is 0.455. The standard InChI is InChI=1S/C24H22ClN5O/c1-15-13-29(20-8-6-19(25)7-9-20)22-12-17(18-5-11-23(31)28(3)14-18)4-10-21(22)30-16(2)26-27-24(15)30/h4-12,14-15H,13H2,1-3H3. The molecule has 0 amide bonds. The zero-order valence-electron chi connectivity index (χ0n) is 17.6. The van der Waals surface area contributed by atoms with Gasteiger partial charge in [0.15, 0.2) is 0 Å². The van der Waals surface area contributed by atoms with Gasteiger partial charge in [-0.25, -0.2) is 0 Å². The van der Waals surface area contributed by atoms with E-state index >= 15 is 0 Å². The molecule has 6 nitrogen and oxygen atoms in total. The zero-order valence-corrected chi connectivity index (χ0v) is 18.3. The molecule has 1 aliphatic heterocycles. The zero-order chi connectivity index (χ0) is 21.7. The predicted molar refractivity (Wildman–Crippen MR) is 124 cm³/mol. The SMILES string of the molecule is Cc1nnc2n1-c1ccc(-c3ccc(=O)n(C)c3)cc1N(c1ccc(Cl)cc1)CC2C.